The van der Waals surface area contributed by atoms with Gasteiger partial charge in [-0.2, -0.15) is 4.31 Å². The molecule has 0 atom stereocenters. The Morgan fingerprint density at radius 3 is 2.12 bits per heavy atom. The summed E-state index contributed by atoms with van der Waals surface area (Å²) in [6.45, 7) is 6.55. The van der Waals surface area contributed by atoms with Gasteiger partial charge in [0.1, 0.15) is 16.5 Å². The first-order chi connectivity index (χ1) is 12.3. The van der Waals surface area contributed by atoms with Gasteiger partial charge in [0.25, 0.3) is 0 Å². The van der Waals surface area contributed by atoms with E-state index in [1.807, 2.05) is 0 Å². The third-order valence-corrected chi connectivity index (χ3v) is 6.46. The molecule has 140 valence electrons. The summed E-state index contributed by atoms with van der Waals surface area (Å²) in [5.74, 6) is -1.85. The maximum atomic E-state index is 13.9. The molecule has 1 fully saturated rings. The highest BCUT2D eigenvalue weighted by molar-refractivity contribution is 7.89. The van der Waals surface area contributed by atoms with Gasteiger partial charge in [0.2, 0.25) is 10.0 Å². The Labute approximate surface area is 153 Å². The van der Waals surface area contributed by atoms with E-state index in [-0.39, 0.29) is 13.1 Å². The minimum Gasteiger partial charge on any atom is -0.296 e. The molecule has 26 heavy (non-hydrogen) atoms. The van der Waals surface area contributed by atoms with Gasteiger partial charge in [0.05, 0.1) is 0 Å². The third-order valence-electron chi connectivity index (χ3n) is 4.53. The normalized spacial score (nSPS) is 16.8. The minimum atomic E-state index is -3.95. The summed E-state index contributed by atoms with van der Waals surface area (Å²) in [5, 5.41) is 0. The van der Waals surface area contributed by atoms with Gasteiger partial charge < -0.3 is 0 Å². The Bertz CT molecular complexity index is 888. The highest BCUT2D eigenvalue weighted by Crippen LogP contribution is 2.22. The second kappa shape index (κ2) is 7.42. The smallest absolute Gasteiger partial charge is 0.246 e. The molecule has 0 unspecified atom stereocenters. The molecular formula is C19H22F2N2O2S. The molecule has 0 spiro atoms. The summed E-state index contributed by atoms with van der Waals surface area (Å²) < 4.78 is 53.4. The summed E-state index contributed by atoms with van der Waals surface area (Å²) in [6, 6.07) is 8.93. The topological polar surface area (TPSA) is 40.6 Å². The van der Waals surface area contributed by atoms with Crippen molar-refractivity contribution >= 4 is 10.0 Å². The largest absolute Gasteiger partial charge is 0.296 e. The van der Waals surface area contributed by atoms with Gasteiger partial charge in [-0.05, 0) is 31.5 Å². The number of hydrogen-bond donors (Lipinski definition) is 0. The van der Waals surface area contributed by atoms with Gasteiger partial charge in [-0.3, -0.25) is 4.90 Å². The third kappa shape index (κ3) is 4.11. The summed E-state index contributed by atoms with van der Waals surface area (Å²) >= 11 is 0. The molecule has 1 heterocycles. The van der Waals surface area contributed by atoms with Gasteiger partial charge in [0.15, 0.2) is 0 Å². The molecule has 0 N–H and O–H groups in total. The number of sulfonamides is 1. The van der Waals surface area contributed by atoms with Crippen LogP contribution in [0.4, 0.5) is 8.78 Å². The molecule has 0 aliphatic carbocycles. The van der Waals surface area contributed by atoms with Crippen LogP contribution in [0.5, 0.6) is 0 Å². The van der Waals surface area contributed by atoms with Crippen molar-refractivity contribution < 1.29 is 17.2 Å². The monoisotopic (exact) mass is 380 g/mol. The number of aryl methyl sites for hydroxylation is 2. The zero-order valence-electron chi connectivity index (χ0n) is 14.9. The van der Waals surface area contributed by atoms with Gasteiger partial charge in [-0.1, -0.05) is 29.3 Å². The average molecular weight is 380 g/mol. The number of benzene rings is 2. The average Bonchev–Trinajstić information content (AvgIpc) is 2.54. The first kappa shape index (κ1) is 18.9. The van der Waals surface area contributed by atoms with Gasteiger partial charge >= 0.3 is 0 Å². The molecule has 3 rings (SSSR count). The van der Waals surface area contributed by atoms with Crippen LogP contribution >= 0.6 is 0 Å². The molecule has 7 heteroatoms. The lowest BCUT2D eigenvalue weighted by atomic mass is 10.1. The van der Waals surface area contributed by atoms with Gasteiger partial charge in [0, 0.05) is 38.8 Å². The fraction of sp³-hybridized carbons (Fsp3) is 0.368. The predicted octanol–water partition coefficient (Wildman–Crippen LogP) is 3.09. The van der Waals surface area contributed by atoms with Crippen molar-refractivity contribution in [3.63, 3.8) is 0 Å². The van der Waals surface area contributed by atoms with E-state index in [9.17, 15) is 17.2 Å². The quantitative estimate of drug-likeness (QED) is 0.819. The summed E-state index contributed by atoms with van der Waals surface area (Å²) in [4.78, 5) is 1.71. The second-order valence-electron chi connectivity index (χ2n) is 6.75. The molecule has 1 saturated heterocycles. The molecule has 2 aromatic rings. The minimum absolute atomic E-state index is 0.282. The highest BCUT2D eigenvalue weighted by Gasteiger charge is 2.30. The van der Waals surface area contributed by atoms with Crippen molar-refractivity contribution in [2.24, 2.45) is 0 Å². The molecule has 4 nitrogen and oxygen atoms in total. The van der Waals surface area contributed by atoms with Crippen molar-refractivity contribution in [1.29, 1.82) is 0 Å². The molecule has 2 aromatic carbocycles. The van der Waals surface area contributed by atoms with Crippen molar-refractivity contribution in [2.45, 2.75) is 25.3 Å². The van der Waals surface area contributed by atoms with Gasteiger partial charge in [-0.25, -0.2) is 17.2 Å². The van der Waals surface area contributed by atoms with Crippen molar-refractivity contribution in [2.75, 3.05) is 26.2 Å². The van der Waals surface area contributed by atoms with E-state index < -0.39 is 26.6 Å². The number of hydrogen-bond acceptors (Lipinski definition) is 3. The lowest BCUT2D eigenvalue weighted by Crippen LogP contribution is -2.48. The Balaban J connectivity index is 1.67. The number of nitrogens with zero attached hydrogens (tertiary/aromatic N) is 2. The molecular weight excluding hydrogens is 358 g/mol. The van der Waals surface area contributed by atoms with Crippen molar-refractivity contribution in [1.82, 2.24) is 9.21 Å². The van der Waals surface area contributed by atoms with Crippen LogP contribution in [0.2, 0.25) is 0 Å². The SMILES string of the molecule is Cc1cc(C)cc(CN2CCN(S(=O)(=O)c3ccc(F)cc3F)CC2)c1. The van der Waals surface area contributed by atoms with E-state index in [2.05, 4.69) is 36.9 Å². The molecule has 1 aliphatic rings. The maximum absolute atomic E-state index is 13.9. The van der Waals surface area contributed by atoms with E-state index in [4.69, 9.17) is 0 Å². The molecule has 0 aromatic heterocycles. The van der Waals surface area contributed by atoms with E-state index in [1.54, 1.807) is 0 Å². The molecule has 0 amide bonds. The highest BCUT2D eigenvalue weighted by atomic mass is 32.2. The number of halogens is 2. The lowest BCUT2D eigenvalue weighted by molar-refractivity contribution is 0.181. The van der Waals surface area contributed by atoms with Crippen LogP contribution in [0.15, 0.2) is 41.3 Å². The Hall–Kier alpha value is -1.83. The Morgan fingerprint density at radius 2 is 1.54 bits per heavy atom. The Kier molecular flexibility index (Phi) is 5.41. The lowest BCUT2D eigenvalue weighted by Gasteiger charge is -2.34. The first-order valence-electron chi connectivity index (χ1n) is 8.50. The fourth-order valence-electron chi connectivity index (χ4n) is 3.37. The van der Waals surface area contributed by atoms with Crippen LogP contribution in [-0.4, -0.2) is 43.8 Å². The fourth-order valence-corrected chi connectivity index (χ4v) is 4.84. The van der Waals surface area contributed by atoms with Crippen LogP contribution in [0.1, 0.15) is 16.7 Å². The number of rotatable bonds is 4. The molecule has 0 radical (unpaired) electrons. The van der Waals surface area contributed by atoms with Crippen LogP contribution < -0.4 is 0 Å². The summed E-state index contributed by atoms with van der Waals surface area (Å²) in [7, 11) is -3.95. The Morgan fingerprint density at radius 1 is 0.923 bits per heavy atom. The zero-order chi connectivity index (χ0) is 18.9. The molecule has 1 aliphatic heterocycles. The van der Waals surface area contributed by atoms with E-state index in [0.29, 0.717) is 19.2 Å². The van der Waals surface area contributed by atoms with Crippen LogP contribution in [0, 0.1) is 25.5 Å². The van der Waals surface area contributed by atoms with E-state index >= 15 is 0 Å². The van der Waals surface area contributed by atoms with Gasteiger partial charge in [-0.15, -0.1) is 0 Å². The van der Waals surface area contributed by atoms with E-state index in [0.717, 1.165) is 18.7 Å². The summed E-state index contributed by atoms with van der Waals surface area (Å²) in [6.07, 6.45) is 0. The molecule has 0 saturated carbocycles. The predicted molar refractivity (Wildman–Crippen MR) is 96.3 cm³/mol. The van der Waals surface area contributed by atoms with Crippen LogP contribution in [0.3, 0.4) is 0 Å². The van der Waals surface area contributed by atoms with E-state index in [1.165, 1.54) is 21.0 Å². The standard InChI is InChI=1S/C19H22F2N2O2S/c1-14-9-15(2)11-16(10-14)13-22-5-7-23(8-6-22)26(24,25)19-4-3-17(20)12-18(19)21/h3-4,9-12H,5-8,13H2,1-2H3. The number of piperazine rings is 1. The van der Waals surface area contributed by atoms with Crippen molar-refractivity contribution in [3.05, 3.63) is 64.7 Å². The van der Waals surface area contributed by atoms with Crippen LogP contribution in [0.25, 0.3) is 0 Å². The van der Waals surface area contributed by atoms with Crippen molar-refractivity contribution in [3.8, 4) is 0 Å². The van der Waals surface area contributed by atoms with Crippen LogP contribution in [-0.2, 0) is 16.6 Å². The zero-order valence-corrected chi connectivity index (χ0v) is 15.7. The second-order valence-corrected chi connectivity index (χ2v) is 8.66. The molecule has 0 bridgehead atoms. The maximum Gasteiger partial charge on any atom is 0.246 e. The first-order valence-corrected chi connectivity index (χ1v) is 9.94. The summed E-state index contributed by atoms with van der Waals surface area (Å²) in [5.41, 5.74) is 3.60.